The zero-order chi connectivity index (χ0) is 12.7. The number of rotatable bonds is 7. The van der Waals surface area contributed by atoms with E-state index in [2.05, 4.69) is 5.32 Å². The molecule has 92 valence electrons. The topological polar surface area (TPSA) is 136 Å². The largest absolute Gasteiger partial charge is 0.480 e. The number of carboxylic acid groups (broad SMARTS) is 1. The first-order valence-electron chi connectivity index (χ1n) is 4.92. The van der Waals surface area contributed by atoms with Gasteiger partial charge in [-0.1, -0.05) is 6.92 Å². The van der Waals surface area contributed by atoms with E-state index in [-0.39, 0.29) is 12.5 Å². The minimum Gasteiger partial charge on any atom is -0.480 e. The van der Waals surface area contributed by atoms with E-state index < -0.39 is 30.2 Å². The van der Waals surface area contributed by atoms with Crippen LogP contribution in [0.15, 0.2) is 0 Å². The summed E-state index contributed by atoms with van der Waals surface area (Å²) in [6.45, 7) is 1.82. The molecule has 6 N–H and O–H groups in total. The quantitative estimate of drug-likeness (QED) is 0.425. The Balaban J connectivity index is 4.24. The maximum atomic E-state index is 11.3. The van der Waals surface area contributed by atoms with Crippen LogP contribution in [0.3, 0.4) is 0 Å². The van der Waals surface area contributed by atoms with Crippen LogP contribution in [-0.4, -0.2) is 35.0 Å². The zero-order valence-corrected chi connectivity index (χ0v) is 9.10. The zero-order valence-electron chi connectivity index (χ0n) is 9.10. The van der Waals surface area contributed by atoms with Gasteiger partial charge < -0.3 is 21.9 Å². The Kier molecular flexibility index (Phi) is 6.09. The van der Waals surface area contributed by atoms with E-state index in [0.717, 1.165) is 0 Å². The number of carboxylic acids is 1. The second kappa shape index (κ2) is 6.78. The molecule has 0 radical (unpaired) electrons. The number of carbonyl (C=O) groups is 3. The van der Waals surface area contributed by atoms with E-state index >= 15 is 0 Å². The van der Waals surface area contributed by atoms with Crippen molar-refractivity contribution < 1.29 is 19.5 Å². The predicted octanol–water partition coefficient (Wildman–Crippen LogP) is -1.44. The van der Waals surface area contributed by atoms with Gasteiger partial charge in [0.05, 0.1) is 6.42 Å². The Morgan fingerprint density at radius 1 is 1.31 bits per heavy atom. The second-order valence-corrected chi connectivity index (χ2v) is 3.50. The van der Waals surface area contributed by atoms with Crippen LogP contribution in [0.4, 0.5) is 0 Å². The van der Waals surface area contributed by atoms with Crippen LogP contribution in [0.1, 0.15) is 26.2 Å². The van der Waals surface area contributed by atoms with E-state index in [9.17, 15) is 14.4 Å². The van der Waals surface area contributed by atoms with Crippen molar-refractivity contribution in [2.45, 2.75) is 38.3 Å². The number of nitrogens with two attached hydrogens (primary N) is 2. The third-order valence-electron chi connectivity index (χ3n) is 2.01. The van der Waals surface area contributed by atoms with Gasteiger partial charge in [-0.25, -0.2) is 4.79 Å². The molecule has 0 aliphatic carbocycles. The van der Waals surface area contributed by atoms with Crippen LogP contribution >= 0.6 is 0 Å². The van der Waals surface area contributed by atoms with Gasteiger partial charge >= 0.3 is 5.97 Å². The van der Waals surface area contributed by atoms with Gasteiger partial charge in [-0.3, -0.25) is 9.59 Å². The molecule has 0 bridgehead atoms. The van der Waals surface area contributed by atoms with Crippen LogP contribution in [0.2, 0.25) is 0 Å². The van der Waals surface area contributed by atoms with Crippen LogP contribution in [-0.2, 0) is 14.4 Å². The lowest BCUT2D eigenvalue weighted by molar-refractivity contribution is -0.143. The van der Waals surface area contributed by atoms with Crippen molar-refractivity contribution in [3.05, 3.63) is 0 Å². The van der Waals surface area contributed by atoms with Crippen LogP contribution in [0.25, 0.3) is 0 Å². The molecule has 0 rings (SSSR count). The molecule has 0 aromatic heterocycles. The highest BCUT2D eigenvalue weighted by atomic mass is 16.4. The lowest BCUT2D eigenvalue weighted by Gasteiger charge is -2.14. The van der Waals surface area contributed by atoms with E-state index in [0.29, 0.717) is 6.42 Å². The lowest BCUT2D eigenvalue weighted by atomic mass is 10.1. The number of carbonyl (C=O) groups excluding carboxylic acids is 2. The molecule has 7 nitrogen and oxygen atoms in total. The number of hydrogen-bond acceptors (Lipinski definition) is 4. The Morgan fingerprint density at radius 3 is 2.25 bits per heavy atom. The summed E-state index contributed by atoms with van der Waals surface area (Å²) in [4.78, 5) is 32.5. The molecule has 2 amide bonds. The molecule has 0 saturated heterocycles. The van der Waals surface area contributed by atoms with E-state index in [1.807, 2.05) is 6.92 Å². The van der Waals surface area contributed by atoms with Gasteiger partial charge in [0.15, 0.2) is 0 Å². The average molecular weight is 231 g/mol. The summed E-state index contributed by atoms with van der Waals surface area (Å²) in [6, 6.07) is -1.60. The van der Waals surface area contributed by atoms with Gasteiger partial charge in [-0.05, 0) is 6.42 Å². The van der Waals surface area contributed by atoms with Crippen molar-refractivity contribution in [1.82, 2.24) is 5.32 Å². The van der Waals surface area contributed by atoms with Crippen molar-refractivity contribution >= 4 is 17.8 Å². The van der Waals surface area contributed by atoms with Gasteiger partial charge in [0.1, 0.15) is 6.04 Å². The molecule has 0 aromatic carbocycles. The summed E-state index contributed by atoms with van der Waals surface area (Å²) in [5.41, 5.74) is 10.4. The van der Waals surface area contributed by atoms with Gasteiger partial charge in [-0.2, -0.15) is 0 Å². The summed E-state index contributed by atoms with van der Waals surface area (Å²) >= 11 is 0. The normalized spacial score (nSPS) is 13.9. The summed E-state index contributed by atoms with van der Waals surface area (Å²) in [6.07, 6.45) is 0.211. The molecule has 2 atom stereocenters. The van der Waals surface area contributed by atoms with E-state index in [4.69, 9.17) is 16.6 Å². The minimum atomic E-state index is -1.29. The number of hydrogen-bond donors (Lipinski definition) is 4. The van der Waals surface area contributed by atoms with Gasteiger partial charge in [0, 0.05) is 12.5 Å². The van der Waals surface area contributed by atoms with Crippen molar-refractivity contribution in [3.63, 3.8) is 0 Å². The molecule has 16 heavy (non-hydrogen) atoms. The molecule has 7 heteroatoms. The summed E-state index contributed by atoms with van der Waals surface area (Å²) < 4.78 is 0. The van der Waals surface area contributed by atoms with Gasteiger partial charge in [0.2, 0.25) is 11.8 Å². The van der Waals surface area contributed by atoms with Crippen LogP contribution in [0, 0.1) is 0 Å². The van der Waals surface area contributed by atoms with Gasteiger partial charge in [-0.15, -0.1) is 0 Å². The fraction of sp³-hybridized carbons (Fsp3) is 0.667. The highest BCUT2D eigenvalue weighted by molar-refractivity contribution is 5.88. The highest BCUT2D eigenvalue weighted by Gasteiger charge is 2.22. The van der Waals surface area contributed by atoms with E-state index in [1.54, 1.807) is 0 Å². The Labute approximate surface area is 93.2 Å². The SMILES string of the molecule is CCC(N)CC(=O)NC(CC(N)=O)C(=O)O. The molecule has 0 saturated carbocycles. The Bertz CT molecular complexity index is 280. The highest BCUT2D eigenvalue weighted by Crippen LogP contribution is 1.97. The van der Waals surface area contributed by atoms with Crippen molar-refractivity contribution in [2.24, 2.45) is 11.5 Å². The third-order valence-corrected chi connectivity index (χ3v) is 2.01. The Morgan fingerprint density at radius 2 is 1.88 bits per heavy atom. The van der Waals surface area contributed by atoms with Crippen molar-refractivity contribution in [2.75, 3.05) is 0 Å². The third kappa shape index (κ3) is 5.97. The van der Waals surface area contributed by atoms with Crippen molar-refractivity contribution in [3.8, 4) is 0 Å². The fourth-order valence-electron chi connectivity index (χ4n) is 1.04. The summed E-state index contributed by atoms with van der Waals surface area (Å²) in [5, 5.41) is 10.9. The average Bonchev–Trinajstić information content (AvgIpc) is 2.15. The molecule has 0 aliphatic heterocycles. The Hall–Kier alpha value is -1.63. The number of aliphatic carboxylic acids is 1. The van der Waals surface area contributed by atoms with Crippen LogP contribution in [0.5, 0.6) is 0 Å². The predicted molar refractivity (Wildman–Crippen MR) is 56.3 cm³/mol. The molecule has 0 spiro atoms. The summed E-state index contributed by atoms with van der Waals surface area (Å²) in [7, 11) is 0. The first kappa shape index (κ1) is 14.4. The molecule has 0 aromatic rings. The lowest BCUT2D eigenvalue weighted by Crippen LogP contribution is -2.44. The van der Waals surface area contributed by atoms with Crippen LogP contribution < -0.4 is 16.8 Å². The second-order valence-electron chi connectivity index (χ2n) is 3.50. The molecule has 0 heterocycles. The molecular weight excluding hydrogens is 214 g/mol. The first-order valence-corrected chi connectivity index (χ1v) is 4.92. The fourth-order valence-corrected chi connectivity index (χ4v) is 1.04. The summed E-state index contributed by atoms with van der Waals surface area (Å²) in [5.74, 6) is -2.58. The van der Waals surface area contributed by atoms with Gasteiger partial charge in [0.25, 0.3) is 0 Å². The minimum absolute atomic E-state index is 0.0268. The molecule has 0 aliphatic rings. The van der Waals surface area contributed by atoms with E-state index in [1.165, 1.54) is 0 Å². The standard InChI is InChI=1S/C9H17N3O4/c1-2-5(10)3-8(14)12-6(9(15)16)4-7(11)13/h5-6H,2-4,10H2,1H3,(H2,11,13)(H,12,14)(H,15,16). The number of nitrogens with one attached hydrogen (secondary N) is 1. The number of amides is 2. The smallest absolute Gasteiger partial charge is 0.326 e. The molecule has 2 unspecified atom stereocenters. The molecule has 0 fully saturated rings. The first-order chi connectivity index (χ1) is 7.36. The monoisotopic (exact) mass is 231 g/mol. The maximum Gasteiger partial charge on any atom is 0.326 e. The number of primary amides is 1. The molecular formula is C9H17N3O4. The maximum absolute atomic E-state index is 11.3. The van der Waals surface area contributed by atoms with Crippen molar-refractivity contribution in [1.29, 1.82) is 0 Å².